The molecule has 3 rings (SSSR count). The van der Waals surface area contributed by atoms with Crippen molar-refractivity contribution < 1.29 is 9.13 Å². The third-order valence-corrected chi connectivity index (χ3v) is 5.40. The topological polar surface area (TPSA) is 46.2 Å². The van der Waals surface area contributed by atoms with E-state index in [2.05, 4.69) is 15.6 Å². The fourth-order valence-electron chi connectivity index (χ4n) is 3.16. The number of hydrogen-bond donors (Lipinski definition) is 2. The molecule has 0 amide bonds. The molecule has 0 unspecified atom stereocenters. The van der Waals surface area contributed by atoms with Crippen LogP contribution in [0.3, 0.4) is 0 Å². The normalized spacial score (nSPS) is 16.1. The molecule has 0 bridgehead atoms. The van der Waals surface area contributed by atoms with Crippen molar-refractivity contribution >= 4 is 34.7 Å². The summed E-state index contributed by atoms with van der Waals surface area (Å²) in [4.78, 5) is 4.36. The summed E-state index contributed by atoms with van der Waals surface area (Å²) in [5.74, 6) is 0.414. The number of anilines is 1. The van der Waals surface area contributed by atoms with Crippen LogP contribution < -0.4 is 10.6 Å². The molecule has 138 valence electrons. The summed E-state index contributed by atoms with van der Waals surface area (Å²) in [6.45, 7) is 3.84. The number of nitrogens with one attached hydrogen (secondary N) is 2. The van der Waals surface area contributed by atoms with Crippen LogP contribution in [-0.4, -0.2) is 29.9 Å². The smallest absolute Gasteiger partial charge is 0.171 e. The van der Waals surface area contributed by atoms with Crippen molar-refractivity contribution in [1.29, 1.82) is 0 Å². The van der Waals surface area contributed by atoms with Crippen LogP contribution in [0.5, 0.6) is 0 Å². The molecule has 1 aliphatic heterocycles. The minimum absolute atomic E-state index is 0.138. The lowest BCUT2D eigenvalue weighted by Crippen LogP contribution is -2.45. The Balaban J connectivity index is 1.68. The average molecular weight is 394 g/mol. The van der Waals surface area contributed by atoms with E-state index in [9.17, 15) is 4.39 Å². The van der Waals surface area contributed by atoms with Crippen molar-refractivity contribution in [3.63, 3.8) is 0 Å². The number of ether oxygens (including phenoxy) is 1. The van der Waals surface area contributed by atoms with Crippen molar-refractivity contribution in [2.45, 2.75) is 25.2 Å². The van der Waals surface area contributed by atoms with Crippen LogP contribution in [0.15, 0.2) is 36.4 Å². The van der Waals surface area contributed by atoms with E-state index in [0.717, 1.165) is 24.1 Å². The van der Waals surface area contributed by atoms with Gasteiger partial charge in [0.15, 0.2) is 5.11 Å². The molecule has 1 aromatic heterocycles. The second-order valence-corrected chi connectivity index (χ2v) is 7.29. The van der Waals surface area contributed by atoms with Crippen molar-refractivity contribution in [3.05, 3.63) is 58.5 Å². The summed E-state index contributed by atoms with van der Waals surface area (Å²) in [7, 11) is 0. The highest BCUT2D eigenvalue weighted by molar-refractivity contribution is 7.80. The van der Waals surface area contributed by atoms with E-state index in [-0.39, 0.29) is 11.2 Å². The Labute approximate surface area is 163 Å². The summed E-state index contributed by atoms with van der Waals surface area (Å²) in [6.07, 6.45) is 1.71. The Morgan fingerprint density at radius 1 is 1.23 bits per heavy atom. The molecule has 1 fully saturated rings. The van der Waals surface area contributed by atoms with Crippen LogP contribution in [0.1, 0.15) is 24.1 Å². The molecular formula is C19H21ClFN3OS. The molecule has 1 aliphatic rings. The first-order chi connectivity index (χ1) is 12.5. The Bertz CT molecular complexity index is 779. The number of thiocarbonyl (C=S) groups is 1. The van der Waals surface area contributed by atoms with Crippen LogP contribution in [0, 0.1) is 12.7 Å². The van der Waals surface area contributed by atoms with Gasteiger partial charge >= 0.3 is 0 Å². The Morgan fingerprint density at radius 2 is 1.92 bits per heavy atom. The maximum atomic E-state index is 13.3. The number of pyridine rings is 1. The number of nitrogens with zero attached hydrogens (tertiary/aromatic N) is 1. The Hall–Kier alpha value is -1.76. The second-order valence-electron chi connectivity index (χ2n) is 6.47. The van der Waals surface area contributed by atoms with E-state index >= 15 is 0 Å². The minimum Gasteiger partial charge on any atom is -0.381 e. The van der Waals surface area contributed by atoms with Crippen LogP contribution in [0.4, 0.5) is 10.2 Å². The van der Waals surface area contributed by atoms with Gasteiger partial charge in [0.1, 0.15) is 11.6 Å². The number of aryl methyl sites for hydroxylation is 1. The zero-order valence-electron chi connectivity index (χ0n) is 14.5. The van der Waals surface area contributed by atoms with Gasteiger partial charge in [-0.3, -0.25) is 0 Å². The molecular weight excluding hydrogens is 373 g/mol. The molecule has 0 spiro atoms. The predicted octanol–water partition coefficient (Wildman–Crippen LogP) is 4.22. The maximum absolute atomic E-state index is 13.3. The van der Waals surface area contributed by atoms with Gasteiger partial charge in [-0.25, -0.2) is 9.37 Å². The van der Waals surface area contributed by atoms with E-state index < -0.39 is 0 Å². The van der Waals surface area contributed by atoms with Gasteiger partial charge in [0.2, 0.25) is 0 Å². The molecule has 2 aromatic rings. The predicted molar refractivity (Wildman–Crippen MR) is 106 cm³/mol. The SMILES string of the molecule is Cc1nc(NC(=S)NCC2(c3ccc(F)cc3)CCOCC2)ccc1Cl. The number of aromatic nitrogens is 1. The molecule has 2 N–H and O–H groups in total. The molecule has 7 heteroatoms. The summed E-state index contributed by atoms with van der Waals surface area (Å²) >= 11 is 11.4. The van der Waals surface area contributed by atoms with E-state index in [1.54, 1.807) is 12.1 Å². The molecule has 26 heavy (non-hydrogen) atoms. The quantitative estimate of drug-likeness (QED) is 0.761. The first-order valence-electron chi connectivity index (χ1n) is 8.50. The molecule has 0 atom stereocenters. The van der Waals surface area contributed by atoms with Crippen molar-refractivity contribution in [1.82, 2.24) is 10.3 Å². The molecule has 0 radical (unpaired) electrons. The first-order valence-corrected chi connectivity index (χ1v) is 9.29. The van der Waals surface area contributed by atoms with E-state index in [4.69, 9.17) is 28.6 Å². The Kier molecular flexibility index (Phi) is 6.06. The highest BCUT2D eigenvalue weighted by atomic mass is 35.5. The molecule has 0 saturated carbocycles. The average Bonchev–Trinajstić information content (AvgIpc) is 2.64. The number of halogens is 2. The van der Waals surface area contributed by atoms with Crippen LogP contribution in [0.25, 0.3) is 0 Å². The van der Waals surface area contributed by atoms with Gasteiger partial charge in [0, 0.05) is 25.2 Å². The van der Waals surface area contributed by atoms with E-state index in [1.807, 2.05) is 19.1 Å². The van der Waals surface area contributed by atoms with Gasteiger partial charge in [0.25, 0.3) is 0 Å². The fraction of sp³-hybridized carbons (Fsp3) is 0.368. The third kappa shape index (κ3) is 4.50. The summed E-state index contributed by atoms with van der Waals surface area (Å²) in [6, 6.07) is 10.3. The number of benzene rings is 1. The van der Waals surface area contributed by atoms with Crippen LogP contribution >= 0.6 is 23.8 Å². The highest BCUT2D eigenvalue weighted by Crippen LogP contribution is 2.34. The summed E-state index contributed by atoms with van der Waals surface area (Å²) in [5, 5.41) is 7.48. The number of rotatable bonds is 4. The van der Waals surface area contributed by atoms with E-state index in [1.165, 1.54) is 12.1 Å². The summed E-state index contributed by atoms with van der Waals surface area (Å²) < 4.78 is 18.8. The fourth-order valence-corrected chi connectivity index (χ4v) is 3.44. The third-order valence-electron chi connectivity index (χ3n) is 4.76. The zero-order chi connectivity index (χ0) is 18.6. The molecule has 4 nitrogen and oxygen atoms in total. The molecule has 2 heterocycles. The van der Waals surface area contributed by atoms with E-state index in [0.29, 0.717) is 35.7 Å². The standard InChI is InChI=1S/C19H21ClFN3OS/c1-13-16(20)6-7-17(23-13)24-18(26)22-12-19(8-10-25-11-9-19)14-2-4-15(21)5-3-14/h2-7H,8-12H2,1H3,(H2,22,23,24,26). The first kappa shape index (κ1) is 19.0. The second kappa shape index (κ2) is 8.29. The van der Waals surface area contributed by atoms with Crippen molar-refractivity contribution in [2.24, 2.45) is 0 Å². The molecule has 1 saturated heterocycles. The minimum atomic E-state index is -0.231. The van der Waals surface area contributed by atoms with Crippen molar-refractivity contribution in [2.75, 3.05) is 25.1 Å². The van der Waals surface area contributed by atoms with Crippen LogP contribution in [-0.2, 0) is 10.2 Å². The van der Waals surface area contributed by atoms with Gasteiger partial charge in [-0.1, -0.05) is 23.7 Å². The lowest BCUT2D eigenvalue weighted by molar-refractivity contribution is 0.0515. The van der Waals surface area contributed by atoms with Gasteiger partial charge in [0.05, 0.1) is 10.7 Å². The monoisotopic (exact) mass is 393 g/mol. The molecule has 1 aromatic carbocycles. The van der Waals surface area contributed by atoms with Crippen LogP contribution in [0.2, 0.25) is 5.02 Å². The largest absolute Gasteiger partial charge is 0.381 e. The summed E-state index contributed by atoms with van der Waals surface area (Å²) in [5.41, 5.74) is 1.70. The Morgan fingerprint density at radius 3 is 2.58 bits per heavy atom. The van der Waals surface area contributed by atoms with Crippen molar-refractivity contribution in [3.8, 4) is 0 Å². The van der Waals surface area contributed by atoms with Gasteiger partial charge in [-0.2, -0.15) is 0 Å². The zero-order valence-corrected chi connectivity index (χ0v) is 16.1. The lowest BCUT2D eigenvalue weighted by atomic mass is 9.74. The van der Waals surface area contributed by atoms with Gasteiger partial charge in [-0.05, 0) is 61.8 Å². The molecule has 0 aliphatic carbocycles. The maximum Gasteiger partial charge on any atom is 0.171 e. The van der Waals surface area contributed by atoms with Gasteiger partial charge in [-0.15, -0.1) is 0 Å². The lowest BCUT2D eigenvalue weighted by Gasteiger charge is -2.38. The number of hydrogen-bond acceptors (Lipinski definition) is 3. The highest BCUT2D eigenvalue weighted by Gasteiger charge is 2.34. The van der Waals surface area contributed by atoms with Gasteiger partial charge < -0.3 is 15.4 Å².